The van der Waals surface area contributed by atoms with E-state index in [1.807, 2.05) is 18.2 Å². The Bertz CT molecular complexity index is 1300. The van der Waals surface area contributed by atoms with Crippen molar-refractivity contribution in [2.45, 2.75) is 38.0 Å². The van der Waals surface area contributed by atoms with Crippen LogP contribution < -0.4 is 10.8 Å². The Morgan fingerprint density at radius 2 is 1.86 bits per heavy atom. The quantitative estimate of drug-likeness (QED) is 0.428. The van der Waals surface area contributed by atoms with Crippen LogP contribution in [0, 0.1) is 0 Å². The van der Waals surface area contributed by atoms with Crippen LogP contribution in [0.5, 0.6) is 0 Å². The van der Waals surface area contributed by atoms with E-state index in [1.165, 1.54) is 6.07 Å². The zero-order valence-electron chi connectivity index (χ0n) is 19.0. The fraction of sp³-hybridized carbons (Fsp3) is 0.320. The number of benzene rings is 1. The number of rotatable bonds is 6. The van der Waals surface area contributed by atoms with Gasteiger partial charge in [-0.1, -0.05) is 24.3 Å². The summed E-state index contributed by atoms with van der Waals surface area (Å²) in [6, 6.07) is 11.7. The van der Waals surface area contributed by atoms with E-state index in [1.54, 1.807) is 35.2 Å². The summed E-state index contributed by atoms with van der Waals surface area (Å²) in [4.78, 5) is 11.0. The average Bonchev–Trinajstić information content (AvgIpc) is 3.24. The Morgan fingerprint density at radius 1 is 1.06 bits per heavy atom. The van der Waals surface area contributed by atoms with Gasteiger partial charge in [-0.25, -0.2) is 4.98 Å². The van der Waals surface area contributed by atoms with Crippen LogP contribution in [0.15, 0.2) is 61.1 Å². The van der Waals surface area contributed by atoms with Crippen molar-refractivity contribution >= 4 is 24.8 Å². The number of alkyl halides is 3. The summed E-state index contributed by atoms with van der Waals surface area (Å²) in [5.74, 6) is 0.967. The van der Waals surface area contributed by atoms with Crippen molar-refractivity contribution < 1.29 is 13.2 Å². The van der Waals surface area contributed by atoms with Gasteiger partial charge in [0, 0.05) is 49.4 Å². The molecule has 5 rings (SSSR count). The maximum atomic E-state index is 13.4. The van der Waals surface area contributed by atoms with Gasteiger partial charge < -0.3 is 5.32 Å². The van der Waals surface area contributed by atoms with Gasteiger partial charge >= 0.3 is 6.18 Å². The number of nitrogens with one attached hydrogen (secondary N) is 1. The number of anilines is 1. The van der Waals surface area contributed by atoms with Crippen molar-refractivity contribution in [1.29, 1.82) is 0 Å². The van der Waals surface area contributed by atoms with Crippen molar-refractivity contribution in [1.82, 2.24) is 24.5 Å². The molecule has 0 atom stereocenters. The number of aromatic nitrogens is 4. The zero-order valence-corrected chi connectivity index (χ0v) is 19.0. The first-order valence-electron chi connectivity index (χ1n) is 11.5. The topological polar surface area (TPSA) is 58.4 Å². The van der Waals surface area contributed by atoms with Crippen molar-refractivity contribution in [2.24, 2.45) is 0 Å². The summed E-state index contributed by atoms with van der Waals surface area (Å²) in [5, 5.41) is 7.76. The Kier molecular flexibility index (Phi) is 6.47. The van der Waals surface area contributed by atoms with E-state index in [0.717, 1.165) is 36.0 Å². The zero-order chi connectivity index (χ0) is 24.4. The summed E-state index contributed by atoms with van der Waals surface area (Å²) < 4.78 is 41.8. The molecule has 0 unspecified atom stereocenters. The molecule has 1 N–H and O–H groups in total. The molecular formula is C25H24BF3N6. The third kappa shape index (κ3) is 5.17. The third-order valence-electron chi connectivity index (χ3n) is 6.44. The number of fused-ring (bicyclic) bond motifs is 1. The summed E-state index contributed by atoms with van der Waals surface area (Å²) in [7, 11) is 6.12. The molecule has 0 amide bonds. The van der Waals surface area contributed by atoms with Crippen LogP contribution in [-0.2, 0) is 19.3 Å². The predicted octanol–water partition coefficient (Wildman–Crippen LogP) is 3.93. The first kappa shape index (κ1) is 23.4. The lowest BCUT2D eigenvalue weighted by Gasteiger charge is -2.32. The fourth-order valence-electron chi connectivity index (χ4n) is 4.59. The first-order valence-corrected chi connectivity index (χ1v) is 11.5. The molecule has 6 nitrogen and oxygen atoms in total. The van der Waals surface area contributed by atoms with Gasteiger partial charge in [0.15, 0.2) is 0 Å². The Balaban J connectivity index is 1.31. The van der Waals surface area contributed by atoms with Crippen LogP contribution in [0.3, 0.4) is 0 Å². The molecule has 2 radical (unpaired) electrons. The molecule has 0 aliphatic carbocycles. The van der Waals surface area contributed by atoms with Crippen LogP contribution in [0.25, 0.3) is 5.65 Å². The van der Waals surface area contributed by atoms with Gasteiger partial charge in [0.05, 0.1) is 5.56 Å². The molecule has 4 aromatic rings. The van der Waals surface area contributed by atoms with E-state index >= 15 is 0 Å². The molecule has 1 aliphatic heterocycles. The molecule has 0 spiro atoms. The van der Waals surface area contributed by atoms with Gasteiger partial charge in [-0.05, 0) is 54.7 Å². The second kappa shape index (κ2) is 9.69. The van der Waals surface area contributed by atoms with Gasteiger partial charge in [-0.3, -0.25) is 9.88 Å². The number of likely N-dealkylation sites (tertiary alicyclic amines) is 1. The number of nitrogens with zero attached hydrogens (tertiary/aromatic N) is 5. The minimum atomic E-state index is -4.35. The highest BCUT2D eigenvalue weighted by Crippen LogP contribution is 2.34. The molecule has 1 aliphatic rings. The lowest BCUT2D eigenvalue weighted by atomic mass is 9.92. The number of piperidine rings is 1. The van der Waals surface area contributed by atoms with Gasteiger partial charge in [0.2, 0.25) is 0 Å². The molecule has 1 saturated heterocycles. The number of pyridine rings is 1. The monoisotopic (exact) mass is 476 g/mol. The number of hydrogen-bond donors (Lipinski definition) is 1. The molecule has 178 valence electrons. The van der Waals surface area contributed by atoms with E-state index in [9.17, 15) is 13.2 Å². The second-order valence-electron chi connectivity index (χ2n) is 8.82. The van der Waals surface area contributed by atoms with Crippen LogP contribution >= 0.6 is 0 Å². The summed E-state index contributed by atoms with van der Waals surface area (Å²) >= 11 is 0. The Labute approximate surface area is 202 Å². The maximum Gasteiger partial charge on any atom is 0.416 e. The van der Waals surface area contributed by atoms with Crippen molar-refractivity contribution in [3.63, 3.8) is 0 Å². The molecule has 0 saturated carbocycles. The summed E-state index contributed by atoms with van der Waals surface area (Å²) in [6.45, 7) is 2.24. The molecule has 10 heteroatoms. The van der Waals surface area contributed by atoms with E-state index in [4.69, 9.17) is 12.8 Å². The first-order chi connectivity index (χ1) is 16.9. The molecule has 1 aromatic carbocycles. The average molecular weight is 476 g/mol. The Hall–Kier alpha value is -3.40. The molecule has 1 fully saturated rings. The molecule has 4 heterocycles. The van der Waals surface area contributed by atoms with Crippen LogP contribution in [-0.4, -0.2) is 45.4 Å². The van der Waals surface area contributed by atoms with Crippen molar-refractivity contribution in [3.8, 4) is 0 Å². The number of hydrogen-bond acceptors (Lipinski definition) is 5. The minimum Gasteiger partial charge on any atom is -0.366 e. The van der Waals surface area contributed by atoms with Crippen LogP contribution in [0.1, 0.15) is 41.1 Å². The number of halogens is 3. The SMILES string of the molecule is [B]c1cnn2c(NCc3cccnc3)cc(C3CCN(Cc4ccccc4C(F)(F)F)CC3)nc12. The van der Waals surface area contributed by atoms with Gasteiger partial charge in [0.1, 0.15) is 19.3 Å². The lowest BCUT2D eigenvalue weighted by molar-refractivity contribution is -0.138. The molecule has 0 bridgehead atoms. The molecule has 35 heavy (non-hydrogen) atoms. The highest BCUT2D eigenvalue weighted by Gasteiger charge is 2.33. The largest absolute Gasteiger partial charge is 0.416 e. The fourth-order valence-corrected chi connectivity index (χ4v) is 4.59. The third-order valence-corrected chi connectivity index (χ3v) is 6.44. The Morgan fingerprint density at radius 3 is 2.60 bits per heavy atom. The van der Waals surface area contributed by atoms with Gasteiger partial charge in [0.25, 0.3) is 0 Å². The standard InChI is InChI=1S/C25H24BF3N6/c26-21-15-32-35-23(31-14-17-4-3-9-30-13-17)12-22(33-24(21)35)18-7-10-34(11-8-18)16-19-5-1-2-6-20(19)25(27,28)29/h1-6,9,12-13,15,18,31H,7-8,10-11,14,16H2. The van der Waals surface area contributed by atoms with E-state index in [-0.39, 0.29) is 12.5 Å². The normalized spacial score (nSPS) is 15.5. The second-order valence-corrected chi connectivity index (χ2v) is 8.82. The van der Waals surface area contributed by atoms with E-state index in [0.29, 0.717) is 36.3 Å². The van der Waals surface area contributed by atoms with Gasteiger partial charge in [-0.15, -0.1) is 0 Å². The predicted molar refractivity (Wildman–Crippen MR) is 129 cm³/mol. The van der Waals surface area contributed by atoms with Crippen molar-refractivity contribution in [3.05, 3.63) is 83.4 Å². The van der Waals surface area contributed by atoms with E-state index in [2.05, 4.69) is 20.3 Å². The summed E-state index contributed by atoms with van der Waals surface area (Å²) in [5.41, 5.74) is 2.79. The van der Waals surface area contributed by atoms with E-state index < -0.39 is 11.7 Å². The molecule has 3 aromatic heterocycles. The maximum absolute atomic E-state index is 13.4. The van der Waals surface area contributed by atoms with Crippen LogP contribution in [0.4, 0.5) is 19.0 Å². The van der Waals surface area contributed by atoms with Crippen molar-refractivity contribution in [2.75, 3.05) is 18.4 Å². The summed E-state index contributed by atoms with van der Waals surface area (Å²) in [6.07, 6.45) is 2.37. The van der Waals surface area contributed by atoms with Crippen LogP contribution in [0.2, 0.25) is 0 Å². The highest BCUT2D eigenvalue weighted by molar-refractivity contribution is 6.36. The molecular weight excluding hydrogens is 452 g/mol. The smallest absolute Gasteiger partial charge is 0.366 e. The lowest BCUT2D eigenvalue weighted by Crippen LogP contribution is -2.33. The highest BCUT2D eigenvalue weighted by atomic mass is 19.4. The van der Waals surface area contributed by atoms with Gasteiger partial charge in [-0.2, -0.15) is 22.8 Å². The minimum absolute atomic E-state index is 0.183.